The number of amides is 2. The Morgan fingerprint density at radius 3 is 2.61 bits per heavy atom. The van der Waals surface area contributed by atoms with Crippen molar-refractivity contribution >= 4 is 11.8 Å². The molecular weight excluding hydrogens is 393 g/mol. The van der Waals surface area contributed by atoms with Crippen LogP contribution in [0.3, 0.4) is 0 Å². The number of hydrogen-bond acceptors (Lipinski definition) is 3. The van der Waals surface area contributed by atoms with Crippen molar-refractivity contribution in [1.82, 2.24) is 14.8 Å². The maximum absolute atomic E-state index is 13.8. The zero-order chi connectivity index (χ0) is 21.8. The third kappa shape index (κ3) is 4.63. The monoisotopic (exact) mass is 417 g/mol. The highest BCUT2D eigenvalue weighted by molar-refractivity contribution is 5.94. The van der Waals surface area contributed by atoms with Crippen LogP contribution < -0.4 is 0 Å². The van der Waals surface area contributed by atoms with Gasteiger partial charge in [0.05, 0.1) is 5.92 Å². The number of halogens is 1. The van der Waals surface area contributed by atoms with Crippen molar-refractivity contribution in [3.05, 3.63) is 90.0 Å². The lowest BCUT2D eigenvalue weighted by molar-refractivity contribution is -0.133. The largest absolute Gasteiger partial charge is 0.344 e. The highest BCUT2D eigenvalue weighted by atomic mass is 19.1. The van der Waals surface area contributed by atoms with E-state index < -0.39 is 0 Å². The predicted molar refractivity (Wildman–Crippen MR) is 117 cm³/mol. The first kappa shape index (κ1) is 20.7. The summed E-state index contributed by atoms with van der Waals surface area (Å²) in [5.74, 6) is -0.771. The molecule has 5 nitrogen and oxygen atoms in total. The Morgan fingerprint density at radius 2 is 1.84 bits per heavy atom. The van der Waals surface area contributed by atoms with Gasteiger partial charge < -0.3 is 9.80 Å². The van der Waals surface area contributed by atoms with Crippen molar-refractivity contribution in [3.8, 4) is 11.1 Å². The molecule has 0 spiro atoms. The predicted octanol–water partition coefficient (Wildman–Crippen LogP) is 3.66. The lowest BCUT2D eigenvalue weighted by atomic mass is 9.91. The molecule has 1 aliphatic rings. The quantitative estimate of drug-likeness (QED) is 0.651. The van der Waals surface area contributed by atoms with Crippen molar-refractivity contribution in [2.24, 2.45) is 5.92 Å². The van der Waals surface area contributed by atoms with Gasteiger partial charge in [-0.25, -0.2) is 4.39 Å². The molecule has 2 heterocycles. The van der Waals surface area contributed by atoms with Crippen LogP contribution in [0.25, 0.3) is 11.1 Å². The van der Waals surface area contributed by atoms with Gasteiger partial charge in [-0.1, -0.05) is 36.4 Å². The molecule has 0 radical (unpaired) electrons. The first-order valence-corrected chi connectivity index (χ1v) is 10.3. The summed E-state index contributed by atoms with van der Waals surface area (Å²) in [6.07, 6.45) is 3.65. The van der Waals surface area contributed by atoms with Crippen LogP contribution in [-0.4, -0.2) is 53.3 Å². The Balaban J connectivity index is 1.62. The molecule has 1 atom stereocenters. The second-order valence-electron chi connectivity index (χ2n) is 7.82. The first-order chi connectivity index (χ1) is 15.0. The van der Waals surface area contributed by atoms with Crippen LogP contribution in [0, 0.1) is 11.7 Å². The van der Waals surface area contributed by atoms with Crippen molar-refractivity contribution in [2.45, 2.75) is 6.42 Å². The van der Waals surface area contributed by atoms with Gasteiger partial charge in [-0.05, 0) is 47.4 Å². The van der Waals surface area contributed by atoms with E-state index in [4.69, 9.17) is 0 Å². The van der Waals surface area contributed by atoms with Gasteiger partial charge in [0.25, 0.3) is 5.91 Å². The number of hydrogen-bond donors (Lipinski definition) is 0. The number of aromatic nitrogens is 1. The van der Waals surface area contributed by atoms with Gasteiger partial charge in [-0.3, -0.25) is 14.6 Å². The molecule has 0 bridgehead atoms. The Kier molecular flexibility index (Phi) is 6.07. The van der Waals surface area contributed by atoms with Crippen molar-refractivity contribution in [3.63, 3.8) is 0 Å². The molecule has 4 rings (SSSR count). The molecule has 0 aliphatic carbocycles. The summed E-state index contributed by atoms with van der Waals surface area (Å²) >= 11 is 0. The minimum atomic E-state index is -0.381. The van der Waals surface area contributed by atoms with Crippen molar-refractivity contribution in [1.29, 1.82) is 0 Å². The number of benzene rings is 2. The van der Waals surface area contributed by atoms with E-state index >= 15 is 0 Å². The maximum atomic E-state index is 13.8. The normalized spacial score (nSPS) is 16.8. The molecule has 3 aromatic rings. The SMILES string of the molecule is CN1CCN(C(=O)c2ccncc2)CC(Cc2ccccc2-c2cccc(F)c2)C1=O. The molecule has 1 saturated heterocycles. The molecule has 6 heteroatoms. The number of nitrogens with zero attached hydrogens (tertiary/aromatic N) is 3. The molecule has 31 heavy (non-hydrogen) atoms. The van der Waals surface area contributed by atoms with E-state index in [1.54, 1.807) is 47.4 Å². The van der Waals surface area contributed by atoms with Crippen molar-refractivity contribution < 1.29 is 14.0 Å². The van der Waals surface area contributed by atoms with Crippen LogP contribution in [0.15, 0.2) is 73.1 Å². The van der Waals surface area contributed by atoms with Crippen LogP contribution in [-0.2, 0) is 11.2 Å². The number of likely N-dealkylation sites (N-methyl/N-ethyl adjacent to an activating group) is 1. The Morgan fingerprint density at radius 1 is 1.06 bits per heavy atom. The Hall–Kier alpha value is -3.54. The third-order valence-corrected chi connectivity index (χ3v) is 5.71. The van der Waals surface area contributed by atoms with Crippen LogP contribution in [0.2, 0.25) is 0 Å². The average Bonchev–Trinajstić information content (AvgIpc) is 2.93. The molecule has 0 N–H and O–H groups in total. The molecule has 2 amide bonds. The van der Waals surface area contributed by atoms with Gasteiger partial charge in [0.2, 0.25) is 5.91 Å². The highest BCUT2D eigenvalue weighted by Gasteiger charge is 2.31. The van der Waals surface area contributed by atoms with Gasteiger partial charge in [-0.2, -0.15) is 0 Å². The van der Waals surface area contributed by atoms with Crippen molar-refractivity contribution in [2.75, 3.05) is 26.7 Å². The fourth-order valence-electron chi connectivity index (χ4n) is 4.04. The standard InChI is InChI=1S/C25H24FN3O2/c1-28-13-14-29(25(31)18-9-11-27-12-10-18)17-21(24(28)30)15-19-5-2-3-8-23(19)20-6-4-7-22(26)16-20/h2-12,16,21H,13-15,17H2,1H3. The Labute approximate surface area is 181 Å². The number of rotatable bonds is 4. The van der Waals surface area contributed by atoms with Crippen LogP contribution in [0.1, 0.15) is 15.9 Å². The molecule has 1 aromatic heterocycles. The van der Waals surface area contributed by atoms with Gasteiger partial charge in [0.15, 0.2) is 0 Å². The number of carbonyl (C=O) groups excluding carboxylic acids is 2. The summed E-state index contributed by atoms with van der Waals surface area (Å²) in [7, 11) is 1.77. The van der Waals surface area contributed by atoms with Gasteiger partial charge in [0.1, 0.15) is 5.82 Å². The molecule has 1 fully saturated rings. The molecule has 158 valence electrons. The van der Waals surface area contributed by atoms with Crippen LogP contribution in [0.5, 0.6) is 0 Å². The molecule has 0 saturated carbocycles. The lowest BCUT2D eigenvalue weighted by Crippen LogP contribution is -2.37. The second-order valence-corrected chi connectivity index (χ2v) is 7.82. The topological polar surface area (TPSA) is 53.5 Å². The van der Waals surface area contributed by atoms with E-state index in [2.05, 4.69) is 4.98 Å². The van der Waals surface area contributed by atoms with E-state index in [-0.39, 0.29) is 23.5 Å². The number of pyridine rings is 1. The van der Waals surface area contributed by atoms with E-state index in [9.17, 15) is 14.0 Å². The molecule has 2 aromatic carbocycles. The minimum absolute atomic E-state index is 0.0130. The first-order valence-electron chi connectivity index (χ1n) is 10.3. The van der Waals surface area contributed by atoms with Gasteiger partial charge in [0, 0.05) is 44.6 Å². The summed E-state index contributed by atoms with van der Waals surface area (Å²) in [5, 5.41) is 0. The zero-order valence-corrected chi connectivity index (χ0v) is 17.4. The lowest BCUT2D eigenvalue weighted by Gasteiger charge is -2.24. The van der Waals surface area contributed by atoms with Crippen LogP contribution in [0.4, 0.5) is 4.39 Å². The smallest absolute Gasteiger partial charge is 0.254 e. The van der Waals surface area contributed by atoms with E-state index in [1.807, 2.05) is 30.3 Å². The second kappa shape index (κ2) is 9.08. The van der Waals surface area contributed by atoms with Gasteiger partial charge in [-0.15, -0.1) is 0 Å². The third-order valence-electron chi connectivity index (χ3n) is 5.71. The molecule has 1 unspecified atom stereocenters. The van der Waals surface area contributed by atoms with E-state index in [0.29, 0.717) is 31.6 Å². The summed E-state index contributed by atoms with van der Waals surface area (Å²) in [6, 6.07) is 17.6. The maximum Gasteiger partial charge on any atom is 0.254 e. The molecular formula is C25H24FN3O2. The number of carbonyl (C=O) groups is 2. The van der Waals surface area contributed by atoms with Crippen LogP contribution >= 0.6 is 0 Å². The fraction of sp³-hybridized carbons (Fsp3) is 0.240. The van der Waals surface area contributed by atoms with E-state index in [0.717, 1.165) is 16.7 Å². The summed E-state index contributed by atoms with van der Waals surface area (Å²) in [5.41, 5.74) is 3.19. The fourth-order valence-corrected chi connectivity index (χ4v) is 4.04. The van der Waals surface area contributed by atoms with Gasteiger partial charge >= 0.3 is 0 Å². The summed E-state index contributed by atoms with van der Waals surface area (Å²) in [6.45, 7) is 1.30. The summed E-state index contributed by atoms with van der Waals surface area (Å²) < 4.78 is 13.8. The zero-order valence-electron chi connectivity index (χ0n) is 17.4. The minimum Gasteiger partial charge on any atom is -0.344 e. The average molecular weight is 417 g/mol. The molecule has 1 aliphatic heterocycles. The van der Waals surface area contributed by atoms with E-state index in [1.165, 1.54) is 12.1 Å². The summed E-state index contributed by atoms with van der Waals surface area (Å²) in [4.78, 5) is 33.5. The highest BCUT2D eigenvalue weighted by Crippen LogP contribution is 2.28. The Bertz CT molecular complexity index is 1090.